The molecular formula is C18H26ClN3O4. The number of rotatable bonds is 3. The second-order valence-electron chi connectivity index (χ2n) is 6.64. The summed E-state index contributed by atoms with van der Waals surface area (Å²) < 4.78 is 5.32. The highest BCUT2D eigenvalue weighted by Gasteiger charge is 2.32. The molecule has 3 N–H and O–H groups in total. The van der Waals surface area contributed by atoms with Crippen molar-refractivity contribution in [1.82, 2.24) is 9.80 Å². The molecule has 3 rings (SSSR count). The first-order valence-electron chi connectivity index (χ1n) is 8.76. The third-order valence-electron chi connectivity index (χ3n) is 5.03. The van der Waals surface area contributed by atoms with Gasteiger partial charge in [0.15, 0.2) is 0 Å². The van der Waals surface area contributed by atoms with Crippen LogP contribution in [0.3, 0.4) is 0 Å². The van der Waals surface area contributed by atoms with E-state index < -0.39 is 6.04 Å². The summed E-state index contributed by atoms with van der Waals surface area (Å²) in [5.74, 6) is 0.0865. The molecule has 2 aliphatic rings. The van der Waals surface area contributed by atoms with Crippen LogP contribution in [0.25, 0.3) is 0 Å². The van der Waals surface area contributed by atoms with Crippen LogP contribution in [0.2, 0.25) is 0 Å². The molecule has 2 heterocycles. The van der Waals surface area contributed by atoms with Gasteiger partial charge in [-0.05, 0) is 37.0 Å². The van der Waals surface area contributed by atoms with Crippen LogP contribution in [0.4, 0.5) is 0 Å². The van der Waals surface area contributed by atoms with Crippen molar-refractivity contribution in [2.24, 2.45) is 11.7 Å². The number of hydrogen-bond donors (Lipinski definition) is 2. The molecule has 2 amide bonds. The molecule has 0 aliphatic carbocycles. The zero-order valence-electron chi connectivity index (χ0n) is 14.7. The van der Waals surface area contributed by atoms with E-state index in [1.807, 2.05) is 0 Å². The molecule has 1 aromatic rings. The van der Waals surface area contributed by atoms with Crippen LogP contribution in [0.1, 0.15) is 23.2 Å². The van der Waals surface area contributed by atoms with Crippen LogP contribution in [0.15, 0.2) is 24.3 Å². The zero-order valence-corrected chi connectivity index (χ0v) is 15.5. The Labute approximate surface area is 159 Å². The monoisotopic (exact) mass is 383 g/mol. The van der Waals surface area contributed by atoms with E-state index in [2.05, 4.69) is 0 Å². The minimum atomic E-state index is -0.489. The number of piperazine rings is 1. The van der Waals surface area contributed by atoms with Crippen molar-refractivity contribution in [3.05, 3.63) is 29.8 Å². The molecule has 0 saturated carbocycles. The van der Waals surface area contributed by atoms with Crippen LogP contribution >= 0.6 is 12.4 Å². The van der Waals surface area contributed by atoms with Crippen molar-refractivity contribution in [2.45, 2.75) is 18.9 Å². The highest BCUT2D eigenvalue weighted by atomic mass is 35.5. The quantitative estimate of drug-likeness (QED) is 0.806. The maximum atomic E-state index is 12.6. The highest BCUT2D eigenvalue weighted by Crippen LogP contribution is 2.20. The van der Waals surface area contributed by atoms with E-state index >= 15 is 0 Å². The van der Waals surface area contributed by atoms with Crippen molar-refractivity contribution in [1.29, 1.82) is 0 Å². The van der Waals surface area contributed by atoms with Gasteiger partial charge in [-0.2, -0.15) is 0 Å². The summed E-state index contributed by atoms with van der Waals surface area (Å²) >= 11 is 0. The van der Waals surface area contributed by atoms with E-state index in [-0.39, 0.29) is 35.9 Å². The van der Waals surface area contributed by atoms with Crippen molar-refractivity contribution in [3.63, 3.8) is 0 Å². The Kier molecular flexibility index (Phi) is 7.25. The van der Waals surface area contributed by atoms with Gasteiger partial charge in [-0.1, -0.05) is 6.07 Å². The number of aromatic hydroxyl groups is 1. The van der Waals surface area contributed by atoms with Crippen molar-refractivity contribution in [2.75, 3.05) is 39.4 Å². The SMILES string of the molecule is Cl.NC(C(=O)N1CCN(C(=O)c2cccc(O)c2)CC1)C1CCOCC1. The summed E-state index contributed by atoms with van der Waals surface area (Å²) in [6.07, 6.45) is 1.64. The first-order chi connectivity index (χ1) is 12.1. The lowest BCUT2D eigenvalue weighted by molar-refractivity contribution is -0.136. The van der Waals surface area contributed by atoms with Gasteiger partial charge in [0, 0.05) is 45.0 Å². The lowest BCUT2D eigenvalue weighted by Crippen LogP contribution is -2.56. The number of nitrogens with two attached hydrogens (primary N) is 1. The van der Waals surface area contributed by atoms with Gasteiger partial charge in [0.1, 0.15) is 5.75 Å². The third kappa shape index (κ3) is 4.66. The number of ether oxygens (including phenoxy) is 1. The average molecular weight is 384 g/mol. The minimum Gasteiger partial charge on any atom is -0.508 e. The van der Waals surface area contributed by atoms with Crippen LogP contribution in [-0.2, 0) is 9.53 Å². The highest BCUT2D eigenvalue weighted by molar-refractivity contribution is 5.94. The Bertz CT molecular complexity index is 629. The Morgan fingerprint density at radius 3 is 2.35 bits per heavy atom. The molecule has 1 aromatic carbocycles. The third-order valence-corrected chi connectivity index (χ3v) is 5.03. The molecule has 0 radical (unpaired) electrons. The van der Waals surface area contributed by atoms with Gasteiger partial charge >= 0.3 is 0 Å². The molecule has 2 aliphatic heterocycles. The molecule has 26 heavy (non-hydrogen) atoms. The number of benzene rings is 1. The summed E-state index contributed by atoms with van der Waals surface area (Å²) in [5, 5.41) is 9.51. The van der Waals surface area contributed by atoms with E-state index in [0.717, 1.165) is 12.8 Å². The summed E-state index contributed by atoms with van der Waals surface area (Å²) in [6, 6.07) is 5.83. The smallest absolute Gasteiger partial charge is 0.254 e. The van der Waals surface area contributed by atoms with Gasteiger partial charge in [0.05, 0.1) is 6.04 Å². The van der Waals surface area contributed by atoms with Gasteiger partial charge < -0.3 is 25.4 Å². The van der Waals surface area contributed by atoms with Gasteiger partial charge in [-0.25, -0.2) is 0 Å². The van der Waals surface area contributed by atoms with E-state index in [9.17, 15) is 14.7 Å². The van der Waals surface area contributed by atoms with Gasteiger partial charge in [-0.15, -0.1) is 12.4 Å². The van der Waals surface area contributed by atoms with E-state index in [1.165, 1.54) is 12.1 Å². The topological polar surface area (TPSA) is 96.1 Å². The predicted octanol–water partition coefficient (Wildman–Crippen LogP) is 0.852. The second-order valence-corrected chi connectivity index (χ2v) is 6.64. The first-order valence-corrected chi connectivity index (χ1v) is 8.76. The fourth-order valence-electron chi connectivity index (χ4n) is 3.44. The molecule has 0 spiro atoms. The number of carbonyl (C=O) groups is 2. The number of hydrogen-bond acceptors (Lipinski definition) is 5. The molecule has 2 fully saturated rings. The van der Waals surface area contributed by atoms with Crippen LogP contribution in [0.5, 0.6) is 5.75 Å². The van der Waals surface area contributed by atoms with Gasteiger partial charge in [0.25, 0.3) is 5.91 Å². The summed E-state index contributed by atoms with van der Waals surface area (Å²) in [7, 11) is 0. The summed E-state index contributed by atoms with van der Waals surface area (Å²) in [6.45, 7) is 3.25. The average Bonchev–Trinajstić information content (AvgIpc) is 2.67. The van der Waals surface area contributed by atoms with E-state index in [0.29, 0.717) is 45.0 Å². The lowest BCUT2D eigenvalue weighted by Gasteiger charge is -2.37. The molecule has 0 aromatic heterocycles. The number of amides is 2. The molecule has 7 nitrogen and oxygen atoms in total. The first kappa shape index (κ1) is 20.5. The number of phenolic OH excluding ortho intramolecular Hbond substituents is 1. The Hall–Kier alpha value is -1.83. The van der Waals surface area contributed by atoms with Crippen LogP contribution in [0, 0.1) is 5.92 Å². The Morgan fingerprint density at radius 2 is 1.73 bits per heavy atom. The fraction of sp³-hybridized carbons (Fsp3) is 0.556. The van der Waals surface area contributed by atoms with Crippen molar-refractivity contribution >= 4 is 24.2 Å². The van der Waals surface area contributed by atoms with E-state index in [1.54, 1.807) is 21.9 Å². The summed E-state index contributed by atoms with van der Waals surface area (Å²) in [5.41, 5.74) is 6.63. The van der Waals surface area contributed by atoms with Crippen molar-refractivity contribution in [3.8, 4) is 5.75 Å². The van der Waals surface area contributed by atoms with Gasteiger partial charge in [-0.3, -0.25) is 9.59 Å². The Balaban J connectivity index is 0.00000243. The lowest BCUT2D eigenvalue weighted by atomic mass is 9.91. The molecule has 1 unspecified atom stereocenters. The molecular weight excluding hydrogens is 358 g/mol. The standard InChI is InChI=1S/C18H25N3O4.ClH/c19-16(13-4-10-25-11-5-13)18(24)21-8-6-20(7-9-21)17(23)14-2-1-3-15(22)12-14;/h1-3,12-13,16,22H,4-11,19H2;1H. The number of carbonyl (C=O) groups excluding carboxylic acids is 2. The van der Waals surface area contributed by atoms with Crippen LogP contribution < -0.4 is 5.73 Å². The molecule has 8 heteroatoms. The number of nitrogens with zero attached hydrogens (tertiary/aromatic N) is 2. The molecule has 2 saturated heterocycles. The fourth-order valence-corrected chi connectivity index (χ4v) is 3.44. The number of phenols is 1. The minimum absolute atomic E-state index is 0. The largest absolute Gasteiger partial charge is 0.508 e. The van der Waals surface area contributed by atoms with Crippen LogP contribution in [-0.4, -0.2) is 72.2 Å². The second kappa shape index (κ2) is 9.21. The normalized spacial score (nSPS) is 19.6. The van der Waals surface area contributed by atoms with Gasteiger partial charge in [0.2, 0.25) is 5.91 Å². The maximum absolute atomic E-state index is 12.6. The van der Waals surface area contributed by atoms with E-state index in [4.69, 9.17) is 10.5 Å². The zero-order chi connectivity index (χ0) is 17.8. The Morgan fingerprint density at radius 1 is 1.12 bits per heavy atom. The molecule has 0 bridgehead atoms. The predicted molar refractivity (Wildman–Crippen MR) is 99.4 cm³/mol. The number of halogens is 1. The molecule has 144 valence electrons. The maximum Gasteiger partial charge on any atom is 0.254 e. The van der Waals surface area contributed by atoms with Crippen molar-refractivity contribution < 1.29 is 19.4 Å². The molecule has 1 atom stereocenters. The summed E-state index contributed by atoms with van der Waals surface area (Å²) in [4.78, 5) is 28.6.